The van der Waals surface area contributed by atoms with E-state index in [1.54, 1.807) is 13.1 Å². The highest BCUT2D eigenvalue weighted by atomic mass is 16.5. The number of aliphatic hydroxyl groups is 1. The number of rotatable bonds is 4. The van der Waals surface area contributed by atoms with Crippen LogP contribution in [0.5, 0.6) is 0 Å². The van der Waals surface area contributed by atoms with E-state index in [0.29, 0.717) is 45.2 Å². The summed E-state index contributed by atoms with van der Waals surface area (Å²) in [5.41, 5.74) is 5.29. The van der Waals surface area contributed by atoms with Crippen molar-refractivity contribution in [3.63, 3.8) is 0 Å². The number of carbonyl (C=O) groups excluding carboxylic acids is 1. The minimum absolute atomic E-state index is 0.0928. The second-order valence-corrected chi connectivity index (χ2v) is 9.67. The Morgan fingerprint density at radius 2 is 2.03 bits per heavy atom. The van der Waals surface area contributed by atoms with Crippen LogP contribution in [0.3, 0.4) is 0 Å². The van der Waals surface area contributed by atoms with Gasteiger partial charge in [-0.25, -0.2) is 9.78 Å². The van der Waals surface area contributed by atoms with E-state index >= 15 is 0 Å². The number of anilines is 1. The maximum Gasteiger partial charge on any atom is 0.349 e. The molecule has 2 fully saturated rings. The summed E-state index contributed by atoms with van der Waals surface area (Å²) in [6.07, 6.45) is 4.16. The molecule has 34 heavy (non-hydrogen) atoms. The molecule has 5 rings (SSSR count). The number of aromatic nitrogens is 4. The molecular formula is C24H30N6O4. The molecule has 0 bridgehead atoms. The average Bonchev–Trinajstić information content (AvgIpc) is 3.21. The molecule has 2 aliphatic heterocycles. The number of hydrogen-bond acceptors (Lipinski definition) is 7. The van der Waals surface area contributed by atoms with E-state index in [0.717, 1.165) is 16.9 Å². The number of ether oxygens (including phenoxy) is 1. The standard InChI is InChI=1S/C24H30N6O4/c1-23(33)15-24(34-14-18(23)30-11-8-19(25)28-22(30)32)9-12-29(13-10-24)21(31)7-6-20-26-16-4-2-3-5-17(16)27-20/h2-5,8,11,18,33H,6-7,9-10,12-15H2,1H3,(H,26,27)(H2,25,28,32)/t18-,23-/m1/s1. The second-order valence-electron chi connectivity index (χ2n) is 9.67. The lowest BCUT2D eigenvalue weighted by molar-refractivity contribution is -0.198. The molecule has 4 heterocycles. The lowest BCUT2D eigenvalue weighted by atomic mass is 9.75. The van der Waals surface area contributed by atoms with Gasteiger partial charge in [-0.1, -0.05) is 12.1 Å². The minimum atomic E-state index is -1.16. The number of hydrogen-bond donors (Lipinski definition) is 3. The van der Waals surface area contributed by atoms with Crippen LogP contribution in [0.25, 0.3) is 11.0 Å². The summed E-state index contributed by atoms with van der Waals surface area (Å²) in [5.74, 6) is 1.05. The Bertz CT molecular complexity index is 1220. The van der Waals surface area contributed by atoms with Crippen LogP contribution in [0.1, 0.15) is 44.5 Å². The first-order chi connectivity index (χ1) is 16.2. The number of benzene rings is 1. The molecule has 10 heteroatoms. The fourth-order valence-corrected chi connectivity index (χ4v) is 5.29. The molecule has 1 aromatic carbocycles. The summed E-state index contributed by atoms with van der Waals surface area (Å²) in [6, 6.07) is 8.81. The summed E-state index contributed by atoms with van der Waals surface area (Å²) in [7, 11) is 0. The number of amides is 1. The van der Waals surface area contributed by atoms with E-state index in [9.17, 15) is 14.7 Å². The number of piperidine rings is 1. The van der Waals surface area contributed by atoms with Crippen molar-refractivity contribution >= 4 is 22.8 Å². The summed E-state index contributed by atoms with van der Waals surface area (Å²) in [6.45, 7) is 3.07. The van der Waals surface area contributed by atoms with Gasteiger partial charge >= 0.3 is 5.69 Å². The first kappa shape index (κ1) is 22.5. The lowest BCUT2D eigenvalue weighted by Crippen LogP contribution is -2.59. The van der Waals surface area contributed by atoms with Crippen LogP contribution in [0.2, 0.25) is 0 Å². The molecule has 3 aromatic rings. The number of nitrogens with two attached hydrogens (primary N) is 1. The Balaban J connectivity index is 1.18. The van der Waals surface area contributed by atoms with Crippen molar-refractivity contribution in [2.24, 2.45) is 0 Å². The summed E-state index contributed by atoms with van der Waals surface area (Å²) < 4.78 is 7.64. The Hall–Kier alpha value is -3.24. The summed E-state index contributed by atoms with van der Waals surface area (Å²) in [5, 5.41) is 11.3. The highest BCUT2D eigenvalue weighted by Crippen LogP contribution is 2.43. The normalized spacial score (nSPS) is 24.5. The monoisotopic (exact) mass is 466 g/mol. The molecule has 0 saturated carbocycles. The van der Waals surface area contributed by atoms with Crippen LogP contribution in [0, 0.1) is 0 Å². The molecular weight excluding hydrogens is 436 g/mol. The van der Waals surface area contributed by atoms with Gasteiger partial charge in [-0.05, 0) is 38.0 Å². The van der Waals surface area contributed by atoms with E-state index < -0.39 is 22.9 Å². The predicted octanol–water partition coefficient (Wildman–Crippen LogP) is 1.41. The third kappa shape index (κ3) is 4.30. The molecule has 0 radical (unpaired) electrons. The van der Waals surface area contributed by atoms with Crippen LogP contribution in [0.15, 0.2) is 41.3 Å². The fourth-order valence-electron chi connectivity index (χ4n) is 5.29. The third-order valence-corrected chi connectivity index (χ3v) is 7.17. The van der Waals surface area contributed by atoms with Crippen LogP contribution in [-0.2, 0) is 16.0 Å². The van der Waals surface area contributed by atoms with E-state index in [-0.39, 0.29) is 18.3 Å². The highest BCUT2D eigenvalue weighted by Gasteiger charge is 2.50. The maximum atomic E-state index is 12.8. The number of nitrogen functional groups attached to an aromatic ring is 1. The Kier molecular flexibility index (Phi) is 5.65. The number of fused-ring (bicyclic) bond motifs is 1. The smallest absolute Gasteiger partial charge is 0.349 e. The molecule has 2 aromatic heterocycles. The summed E-state index contributed by atoms with van der Waals surface area (Å²) >= 11 is 0. The van der Waals surface area contributed by atoms with Crippen LogP contribution >= 0.6 is 0 Å². The minimum Gasteiger partial charge on any atom is -0.388 e. The quantitative estimate of drug-likeness (QED) is 0.528. The number of aryl methyl sites for hydroxylation is 1. The molecule has 10 nitrogen and oxygen atoms in total. The highest BCUT2D eigenvalue weighted by molar-refractivity contribution is 5.77. The van der Waals surface area contributed by atoms with E-state index in [2.05, 4.69) is 15.0 Å². The van der Waals surface area contributed by atoms with Crippen molar-refractivity contribution in [2.45, 2.75) is 56.3 Å². The molecule has 2 saturated heterocycles. The van der Waals surface area contributed by atoms with Gasteiger partial charge in [0.05, 0.1) is 34.9 Å². The van der Waals surface area contributed by atoms with Crippen molar-refractivity contribution in [3.8, 4) is 0 Å². The number of nitrogens with zero attached hydrogens (tertiary/aromatic N) is 4. The Labute approximate surface area is 196 Å². The van der Waals surface area contributed by atoms with Crippen molar-refractivity contribution in [1.82, 2.24) is 24.4 Å². The molecule has 2 atom stereocenters. The van der Waals surface area contributed by atoms with Crippen molar-refractivity contribution in [3.05, 3.63) is 52.8 Å². The molecule has 2 aliphatic rings. The second kappa shape index (κ2) is 8.52. The number of aromatic amines is 1. The maximum absolute atomic E-state index is 12.8. The predicted molar refractivity (Wildman–Crippen MR) is 126 cm³/mol. The molecule has 1 spiro atoms. The van der Waals surface area contributed by atoms with Gasteiger partial charge in [-0.3, -0.25) is 9.36 Å². The van der Waals surface area contributed by atoms with Crippen molar-refractivity contribution in [1.29, 1.82) is 0 Å². The van der Waals surface area contributed by atoms with E-state index in [4.69, 9.17) is 10.5 Å². The Morgan fingerprint density at radius 1 is 1.26 bits per heavy atom. The molecule has 0 aliphatic carbocycles. The first-order valence-corrected chi connectivity index (χ1v) is 11.7. The number of nitrogens with one attached hydrogen (secondary N) is 1. The fraction of sp³-hybridized carbons (Fsp3) is 0.500. The van der Waals surface area contributed by atoms with E-state index in [1.807, 2.05) is 29.2 Å². The summed E-state index contributed by atoms with van der Waals surface area (Å²) in [4.78, 5) is 38.6. The Morgan fingerprint density at radius 3 is 2.74 bits per heavy atom. The van der Waals surface area contributed by atoms with Crippen LogP contribution in [0.4, 0.5) is 5.82 Å². The van der Waals surface area contributed by atoms with Gasteiger partial charge in [0.1, 0.15) is 11.6 Å². The average molecular weight is 467 g/mol. The SMILES string of the molecule is C[C@@]1(O)CC2(CCN(C(=O)CCc3nc4ccccc4[nH]3)CC2)OC[C@H]1n1ccc(N)nc1=O. The van der Waals surface area contributed by atoms with Gasteiger partial charge in [0.15, 0.2) is 0 Å². The number of carbonyl (C=O) groups is 1. The van der Waals surface area contributed by atoms with Crippen molar-refractivity contribution in [2.75, 3.05) is 25.4 Å². The first-order valence-electron chi connectivity index (χ1n) is 11.7. The molecule has 180 valence electrons. The lowest BCUT2D eigenvalue weighted by Gasteiger charge is -2.51. The number of para-hydroxylation sites is 2. The molecule has 4 N–H and O–H groups in total. The molecule has 1 amide bonds. The van der Waals surface area contributed by atoms with Gasteiger partial charge in [0, 0.05) is 38.5 Å². The van der Waals surface area contributed by atoms with E-state index in [1.165, 1.54) is 10.6 Å². The topological polar surface area (TPSA) is 139 Å². The zero-order chi connectivity index (χ0) is 23.9. The number of imidazole rings is 1. The zero-order valence-electron chi connectivity index (χ0n) is 19.2. The van der Waals surface area contributed by atoms with Gasteiger partial charge in [-0.2, -0.15) is 4.98 Å². The van der Waals surface area contributed by atoms with Gasteiger partial charge in [-0.15, -0.1) is 0 Å². The zero-order valence-corrected chi connectivity index (χ0v) is 19.2. The number of likely N-dealkylation sites (tertiary alicyclic amines) is 1. The largest absolute Gasteiger partial charge is 0.388 e. The third-order valence-electron chi connectivity index (χ3n) is 7.17. The number of H-pyrrole nitrogens is 1. The van der Waals surface area contributed by atoms with Gasteiger partial charge < -0.3 is 25.5 Å². The van der Waals surface area contributed by atoms with Gasteiger partial charge in [0.25, 0.3) is 0 Å². The van der Waals surface area contributed by atoms with Gasteiger partial charge in [0.2, 0.25) is 5.91 Å². The van der Waals surface area contributed by atoms with Crippen LogP contribution in [-0.4, -0.2) is 66.3 Å². The van der Waals surface area contributed by atoms with Crippen LogP contribution < -0.4 is 11.4 Å². The van der Waals surface area contributed by atoms with Crippen molar-refractivity contribution < 1.29 is 14.6 Å². The molecule has 0 unspecified atom stereocenters.